The summed E-state index contributed by atoms with van der Waals surface area (Å²) in [6, 6.07) is 7.56. The summed E-state index contributed by atoms with van der Waals surface area (Å²) >= 11 is 0. The lowest BCUT2D eigenvalue weighted by Gasteiger charge is -2.21. The molecule has 1 fully saturated rings. The molecule has 0 unspecified atom stereocenters. The van der Waals surface area contributed by atoms with Gasteiger partial charge in [0.15, 0.2) is 0 Å². The Hall–Kier alpha value is -1.60. The Kier molecular flexibility index (Phi) is 6.84. The lowest BCUT2D eigenvalue weighted by molar-refractivity contribution is -0.130. The van der Waals surface area contributed by atoms with E-state index in [2.05, 4.69) is 0 Å². The van der Waals surface area contributed by atoms with E-state index < -0.39 is 10.0 Å². The first-order chi connectivity index (χ1) is 11.8. The first-order valence-corrected chi connectivity index (χ1v) is 10.4. The normalized spacial score (nSPS) is 16.7. The van der Waals surface area contributed by atoms with E-state index in [0.29, 0.717) is 39.0 Å². The number of nitrogens with zero attached hydrogens (tertiary/aromatic N) is 2. The van der Waals surface area contributed by atoms with Crippen LogP contribution < -0.4 is 4.74 Å². The van der Waals surface area contributed by atoms with Gasteiger partial charge in [0.1, 0.15) is 5.75 Å². The van der Waals surface area contributed by atoms with Crippen LogP contribution in [0.15, 0.2) is 24.3 Å². The molecule has 2 rings (SSSR count). The molecule has 1 aliphatic rings. The Labute approximate surface area is 150 Å². The maximum Gasteiger partial charge on any atom is 0.227 e. The smallest absolute Gasteiger partial charge is 0.227 e. The highest BCUT2D eigenvalue weighted by molar-refractivity contribution is 7.89. The number of carbonyl (C=O) groups excluding carboxylic acids is 1. The second-order valence-corrected chi connectivity index (χ2v) is 8.78. The number of carbonyl (C=O) groups is 1. The zero-order chi connectivity index (χ0) is 18.4. The second kappa shape index (κ2) is 8.67. The number of amides is 1. The van der Waals surface area contributed by atoms with Crippen LogP contribution in [-0.4, -0.2) is 61.6 Å². The fourth-order valence-electron chi connectivity index (χ4n) is 2.85. The lowest BCUT2D eigenvalue weighted by Crippen LogP contribution is -2.38. The highest BCUT2D eigenvalue weighted by Crippen LogP contribution is 2.15. The average Bonchev–Trinajstić information content (AvgIpc) is 2.83. The summed E-state index contributed by atoms with van der Waals surface area (Å²) in [6.07, 6.45) is 1.11. The molecule has 0 radical (unpaired) electrons. The Morgan fingerprint density at radius 3 is 2.40 bits per heavy atom. The van der Waals surface area contributed by atoms with Crippen LogP contribution in [0.1, 0.15) is 32.8 Å². The predicted molar refractivity (Wildman–Crippen MR) is 98.1 cm³/mol. The molecule has 1 aromatic carbocycles. The molecular formula is C18H28N2O4S. The molecule has 1 aliphatic heterocycles. The summed E-state index contributed by atoms with van der Waals surface area (Å²) in [4.78, 5) is 14.3. The van der Waals surface area contributed by atoms with Crippen molar-refractivity contribution in [2.24, 2.45) is 0 Å². The molecule has 0 bridgehead atoms. The maximum absolute atomic E-state index is 12.5. The van der Waals surface area contributed by atoms with E-state index in [0.717, 1.165) is 11.3 Å². The third-order valence-corrected chi connectivity index (χ3v) is 6.10. The Morgan fingerprint density at radius 1 is 1.12 bits per heavy atom. The van der Waals surface area contributed by atoms with Crippen molar-refractivity contribution in [3.05, 3.63) is 29.8 Å². The number of hydrogen-bond acceptors (Lipinski definition) is 4. The number of rotatable bonds is 6. The van der Waals surface area contributed by atoms with Gasteiger partial charge in [-0.1, -0.05) is 12.1 Å². The molecule has 1 saturated heterocycles. The van der Waals surface area contributed by atoms with Crippen molar-refractivity contribution >= 4 is 15.9 Å². The molecule has 1 amide bonds. The van der Waals surface area contributed by atoms with Crippen LogP contribution in [0.25, 0.3) is 0 Å². The summed E-state index contributed by atoms with van der Waals surface area (Å²) < 4.78 is 31.1. The van der Waals surface area contributed by atoms with Gasteiger partial charge in [-0.2, -0.15) is 0 Å². The van der Waals surface area contributed by atoms with Crippen molar-refractivity contribution in [1.82, 2.24) is 9.21 Å². The van der Waals surface area contributed by atoms with E-state index >= 15 is 0 Å². The largest absolute Gasteiger partial charge is 0.491 e. The van der Waals surface area contributed by atoms with Gasteiger partial charge >= 0.3 is 0 Å². The van der Waals surface area contributed by atoms with Crippen molar-refractivity contribution in [3.63, 3.8) is 0 Å². The zero-order valence-corrected chi connectivity index (χ0v) is 16.1. The first kappa shape index (κ1) is 19.7. The minimum Gasteiger partial charge on any atom is -0.491 e. The minimum atomic E-state index is -3.19. The third-order valence-electron chi connectivity index (χ3n) is 4.22. The van der Waals surface area contributed by atoms with Gasteiger partial charge in [0.25, 0.3) is 0 Å². The number of sulfonamides is 1. The van der Waals surface area contributed by atoms with E-state index in [-0.39, 0.29) is 17.8 Å². The zero-order valence-electron chi connectivity index (χ0n) is 15.3. The molecule has 0 N–H and O–H groups in total. The fourth-order valence-corrected chi connectivity index (χ4v) is 3.98. The Bertz CT molecular complexity index is 671. The van der Waals surface area contributed by atoms with Crippen molar-refractivity contribution in [2.45, 2.75) is 39.7 Å². The SMILES string of the molecule is CCS(=O)(=O)N1CCCN(C(=O)Cc2ccc(OC(C)C)cc2)CC1. The van der Waals surface area contributed by atoms with Crippen LogP contribution in [0, 0.1) is 0 Å². The van der Waals surface area contributed by atoms with Gasteiger partial charge in [0.05, 0.1) is 18.3 Å². The van der Waals surface area contributed by atoms with Crippen LogP contribution in [0.2, 0.25) is 0 Å². The van der Waals surface area contributed by atoms with E-state index in [1.54, 1.807) is 11.8 Å². The summed E-state index contributed by atoms with van der Waals surface area (Å²) in [5, 5.41) is 0. The molecule has 140 valence electrons. The number of hydrogen-bond donors (Lipinski definition) is 0. The first-order valence-electron chi connectivity index (χ1n) is 8.83. The van der Waals surface area contributed by atoms with Gasteiger partial charge in [-0.25, -0.2) is 12.7 Å². The van der Waals surface area contributed by atoms with Crippen molar-refractivity contribution in [1.29, 1.82) is 0 Å². The highest BCUT2D eigenvalue weighted by Gasteiger charge is 2.25. The van der Waals surface area contributed by atoms with Crippen LogP contribution in [0.3, 0.4) is 0 Å². The minimum absolute atomic E-state index is 0.0354. The summed E-state index contributed by atoms with van der Waals surface area (Å²) in [5.74, 6) is 0.931. The predicted octanol–water partition coefficient (Wildman–Crippen LogP) is 1.90. The lowest BCUT2D eigenvalue weighted by atomic mass is 10.1. The molecule has 0 aliphatic carbocycles. The monoisotopic (exact) mass is 368 g/mol. The highest BCUT2D eigenvalue weighted by atomic mass is 32.2. The van der Waals surface area contributed by atoms with Gasteiger partial charge < -0.3 is 9.64 Å². The fraction of sp³-hybridized carbons (Fsp3) is 0.611. The third kappa shape index (κ3) is 5.71. The second-order valence-electron chi connectivity index (χ2n) is 6.52. The molecule has 0 saturated carbocycles. The molecular weight excluding hydrogens is 340 g/mol. The van der Waals surface area contributed by atoms with Gasteiger partial charge in [-0.15, -0.1) is 0 Å². The van der Waals surface area contributed by atoms with E-state index in [9.17, 15) is 13.2 Å². The van der Waals surface area contributed by atoms with Gasteiger partial charge in [0, 0.05) is 26.2 Å². The molecule has 0 aromatic heterocycles. The molecule has 7 heteroatoms. The van der Waals surface area contributed by atoms with E-state index in [1.807, 2.05) is 38.1 Å². The standard InChI is InChI=1S/C18H28N2O4S/c1-4-25(22,23)20-11-5-10-19(12-13-20)18(21)14-16-6-8-17(9-7-16)24-15(2)3/h6-9,15H,4-5,10-14H2,1-3H3. The average molecular weight is 368 g/mol. The number of ether oxygens (including phenoxy) is 1. The summed E-state index contributed by atoms with van der Waals surface area (Å²) in [7, 11) is -3.19. The molecule has 0 atom stereocenters. The van der Waals surface area contributed by atoms with Gasteiger partial charge in [-0.3, -0.25) is 4.79 Å². The van der Waals surface area contributed by atoms with Crippen molar-refractivity contribution in [3.8, 4) is 5.75 Å². The number of benzene rings is 1. The van der Waals surface area contributed by atoms with Gasteiger partial charge in [-0.05, 0) is 44.9 Å². The molecule has 1 heterocycles. The Morgan fingerprint density at radius 2 is 1.80 bits per heavy atom. The van der Waals surface area contributed by atoms with Crippen LogP contribution >= 0.6 is 0 Å². The van der Waals surface area contributed by atoms with Crippen LogP contribution in [0.5, 0.6) is 5.75 Å². The van der Waals surface area contributed by atoms with E-state index in [1.165, 1.54) is 4.31 Å². The van der Waals surface area contributed by atoms with Crippen molar-refractivity contribution < 1.29 is 17.9 Å². The van der Waals surface area contributed by atoms with Crippen molar-refractivity contribution in [2.75, 3.05) is 31.9 Å². The topological polar surface area (TPSA) is 66.9 Å². The van der Waals surface area contributed by atoms with Gasteiger partial charge in [0.2, 0.25) is 15.9 Å². The van der Waals surface area contributed by atoms with Crippen LogP contribution in [0.4, 0.5) is 0 Å². The maximum atomic E-state index is 12.5. The summed E-state index contributed by atoms with van der Waals surface area (Å²) in [5.41, 5.74) is 0.934. The molecule has 0 spiro atoms. The molecule has 1 aromatic rings. The van der Waals surface area contributed by atoms with E-state index in [4.69, 9.17) is 4.74 Å². The summed E-state index contributed by atoms with van der Waals surface area (Å²) in [6.45, 7) is 7.51. The Balaban J connectivity index is 1.92. The molecule has 25 heavy (non-hydrogen) atoms. The van der Waals surface area contributed by atoms with Crippen LogP contribution in [-0.2, 0) is 21.2 Å². The quantitative estimate of drug-likeness (QED) is 0.769. The molecule has 6 nitrogen and oxygen atoms in total.